The fourth-order valence-corrected chi connectivity index (χ4v) is 1.42. The van der Waals surface area contributed by atoms with Crippen molar-refractivity contribution in [2.75, 3.05) is 26.8 Å². The molecule has 0 aromatic heterocycles. The molecule has 1 aromatic rings. The second-order valence-corrected chi connectivity index (χ2v) is 4.08. The number of ether oxygens (including phenoxy) is 2. The van der Waals surface area contributed by atoms with E-state index in [9.17, 15) is 9.59 Å². The summed E-state index contributed by atoms with van der Waals surface area (Å²) in [6, 6.07) is 9.42. The highest BCUT2D eigenvalue weighted by Crippen LogP contribution is 2.00. The van der Waals surface area contributed by atoms with Gasteiger partial charge >= 0.3 is 6.09 Å². The summed E-state index contributed by atoms with van der Waals surface area (Å²) in [6.07, 6.45) is -0.186. The summed E-state index contributed by atoms with van der Waals surface area (Å²) in [5.74, 6) is -0.105. The van der Waals surface area contributed by atoms with E-state index in [0.29, 0.717) is 26.1 Å². The lowest BCUT2D eigenvalue weighted by Crippen LogP contribution is -2.35. The van der Waals surface area contributed by atoms with E-state index in [-0.39, 0.29) is 12.5 Å². The van der Waals surface area contributed by atoms with Gasteiger partial charge in [-0.25, -0.2) is 4.79 Å². The van der Waals surface area contributed by atoms with Gasteiger partial charge in [-0.15, -0.1) is 0 Å². The molecule has 0 fully saturated rings. The Morgan fingerprint density at radius 3 is 2.50 bits per heavy atom. The lowest BCUT2D eigenvalue weighted by molar-refractivity contribution is -0.121. The van der Waals surface area contributed by atoms with Gasteiger partial charge in [0.1, 0.15) is 6.61 Å². The van der Waals surface area contributed by atoms with Crippen LogP contribution in [0.25, 0.3) is 0 Å². The summed E-state index contributed by atoms with van der Waals surface area (Å²) in [5.41, 5.74) is 0.926. The molecule has 2 N–H and O–H groups in total. The third kappa shape index (κ3) is 7.38. The average Bonchev–Trinajstić information content (AvgIpc) is 2.48. The molecule has 0 atom stereocenters. The highest BCUT2D eigenvalue weighted by atomic mass is 16.5. The van der Waals surface area contributed by atoms with E-state index < -0.39 is 6.09 Å². The Hall–Kier alpha value is -2.08. The Labute approximate surface area is 118 Å². The molecule has 0 radical (unpaired) electrons. The Balaban J connectivity index is 2.04. The smallest absolute Gasteiger partial charge is 0.407 e. The van der Waals surface area contributed by atoms with Crippen LogP contribution in [0, 0.1) is 0 Å². The van der Waals surface area contributed by atoms with E-state index >= 15 is 0 Å². The van der Waals surface area contributed by atoms with Crippen molar-refractivity contribution in [2.24, 2.45) is 0 Å². The molecule has 0 aliphatic rings. The Morgan fingerprint density at radius 2 is 1.80 bits per heavy atom. The molecule has 2 amide bonds. The summed E-state index contributed by atoms with van der Waals surface area (Å²) in [4.78, 5) is 22.6. The lowest BCUT2D eigenvalue weighted by atomic mass is 10.2. The van der Waals surface area contributed by atoms with Gasteiger partial charge in [0.15, 0.2) is 0 Å². The summed E-state index contributed by atoms with van der Waals surface area (Å²) < 4.78 is 9.80. The van der Waals surface area contributed by atoms with E-state index in [1.165, 1.54) is 7.11 Å². The number of amides is 2. The number of rotatable bonds is 8. The van der Waals surface area contributed by atoms with Gasteiger partial charge < -0.3 is 20.1 Å². The van der Waals surface area contributed by atoms with Crippen molar-refractivity contribution in [1.29, 1.82) is 0 Å². The summed E-state index contributed by atoms with van der Waals surface area (Å²) in [6.45, 7) is 1.31. The van der Waals surface area contributed by atoms with Crippen LogP contribution in [0.1, 0.15) is 12.0 Å². The molecule has 1 aromatic carbocycles. The van der Waals surface area contributed by atoms with Gasteiger partial charge in [-0.05, 0) is 5.56 Å². The SMILES string of the molecule is COCCC(=O)NCCNC(=O)OCc1ccccc1. The molecule has 0 aliphatic carbocycles. The minimum Gasteiger partial charge on any atom is -0.445 e. The third-order valence-corrected chi connectivity index (χ3v) is 2.46. The molecule has 110 valence electrons. The summed E-state index contributed by atoms with van der Waals surface area (Å²) >= 11 is 0. The van der Waals surface area contributed by atoms with Gasteiger partial charge in [-0.1, -0.05) is 30.3 Å². The fourth-order valence-electron chi connectivity index (χ4n) is 1.42. The molecule has 0 spiro atoms. The molecule has 6 nitrogen and oxygen atoms in total. The predicted octanol–water partition coefficient (Wildman–Crippen LogP) is 1.07. The first-order valence-corrected chi connectivity index (χ1v) is 6.42. The number of hydrogen-bond acceptors (Lipinski definition) is 4. The predicted molar refractivity (Wildman–Crippen MR) is 74.1 cm³/mol. The molecule has 1 rings (SSSR count). The van der Waals surface area contributed by atoms with Crippen molar-refractivity contribution in [3.05, 3.63) is 35.9 Å². The topological polar surface area (TPSA) is 76.7 Å². The van der Waals surface area contributed by atoms with Gasteiger partial charge in [0.2, 0.25) is 5.91 Å². The Bertz CT molecular complexity index is 409. The van der Waals surface area contributed by atoms with E-state index in [1.807, 2.05) is 30.3 Å². The second kappa shape index (κ2) is 9.80. The van der Waals surface area contributed by atoms with E-state index in [1.54, 1.807) is 0 Å². The number of methoxy groups -OCH3 is 1. The monoisotopic (exact) mass is 280 g/mol. The first-order chi connectivity index (χ1) is 9.72. The molecule has 0 saturated carbocycles. The number of hydrogen-bond donors (Lipinski definition) is 2. The third-order valence-electron chi connectivity index (χ3n) is 2.46. The molecule has 0 saturated heterocycles. The quantitative estimate of drug-likeness (QED) is 0.698. The maximum absolute atomic E-state index is 11.4. The molecular weight excluding hydrogens is 260 g/mol. The number of benzene rings is 1. The Kier molecular flexibility index (Phi) is 7.83. The van der Waals surface area contributed by atoms with Crippen molar-refractivity contribution >= 4 is 12.0 Å². The highest BCUT2D eigenvalue weighted by Gasteiger charge is 2.03. The van der Waals surface area contributed by atoms with E-state index in [2.05, 4.69) is 10.6 Å². The van der Waals surface area contributed by atoms with Gasteiger partial charge in [-0.3, -0.25) is 4.79 Å². The Morgan fingerprint density at radius 1 is 1.10 bits per heavy atom. The maximum Gasteiger partial charge on any atom is 0.407 e. The zero-order valence-corrected chi connectivity index (χ0v) is 11.6. The van der Waals surface area contributed by atoms with Crippen LogP contribution < -0.4 is 10.6 Å². The van der Waals surface area contributed by atoms with Crippen molar-refractivity contribution in [3.8, 4) is 0 Å². The standard InChI is InChI=1S/C14H20N2O4/c1-19-10-7-13(17)15-8-9-16-14(18)20-11-12-5-3-2-4-6-12/h2-6H,7-11H2,1H3,(H,15,17)(H,16,18). The largest absolute Gasteiger partial charge is 0.445 e. The molecule has 0 heterocycles. The zero-order chi connectivity index (χ0) is 14.6. The highest BCUT2D eigenvalue weighted by molar-refractivity contribution is 5.76. The first-order valence-electron chi connectivity index (χ1n) is 6.42. The first kappa shape index (κ1) is 16.0. The number of alkyl carbamates (subject to hydrolysis) is 1. The normalized spacial score (nSPS) is 9.85. The van der Waals surface area contributed by atoms with Crippen LogP contribution in [0.5, 0.6) is 0 Å². The molecule has 6 heteroatoms. The van der Waals surface area contributed by atoms with Gasteiger partial charge in [-0.2, -0.15) is 0 Å². The van der Waals surface area contributed by atoms with E-state index in [4.69, 9.17) is 9.47 Å². The second-order valence-electron chi connectivity index (χ2n) is 4.08. The molecule has 0 aliphatic heterocycles. The van der Waals surface area contributed by atoms with Crippen LogP contribution in [0.4, 0.5) is 4.79 Å². The molecule has 0 bridgehead atoms. The summed E-state index contributed by atoms with van der Waals surface area (Å²) in [5, 5.41) is 5.21. The van der Waals surface area contributed by atoms with Gasteiger partial charge in [0, 0.05) is 26.6 Å². The van der Waals surface area contributed by atoms with Crippen LogP contribution in [0.15, 0.2) is 30.3 Å². The van der Waals surface area contributed by atoms with Crippen molar-refractivity contribution < 1.29 is 19.1 Å². The average molecular weight is 280 g/mol. The molecule has 20 heavy (non-hydrogen) atoms. The lowest BCUT2D eigenvalue weighted by Gasteiger charge is -2.08. The van der Waals surface area contributed by atoms with Crippen LogP contribution in [0.2, 0.25) is 0 Å². The van der Waals surface area contributed by atoms with Crippen molar-refractivity contribution in [3.63, 3.8) is 0 Å². The number of carbonyl (C=O) groups excluding carboxylic acids is 2. The number of carbonyl (C=O) groups is 2. The zero-order valence-electron chi connectivity index (χ0n) is 11.6. The van der Waals surface area contributed by atoms with Crippen LogP contribution in [-0.4, -0.2) is 38.8 Å². The fraction of sp³-hybridized carbons (Fsp3) is 0.429. The number of nitrogens with one attached hydrogen (secondary N) is 2. The minimum absolute atomic E-state index is 0.105. The summed E-state index contributed by atoms with van der Waals surface area (Å²) in [7, 11) is 1.54. The van der Waals surface area contributed by atoms with Crippen LogP contribution >= 0.6 is 0 Å². The van der Waals surface area contributed by atoms with Crippen molar-refractivity contribution in [2.45, 2.75) is 13.0 Å². The van der Waals surface area contributed by atoms with E-state index in [0.717, 1.165) is 5.56 Å². The van der Waals surface area contributed by atoms with Gasteiger partial charge in [0.05, 0.1) is 6.61 Å². The molecule has 0 unspecified atom stereocenters. The molecular formula is C14H20N2O4. The van der Waals surface area contributed by atoms with Crippen molar-refractivity contribution in [1.82, 2.24) is 10.6 Å². The van der Waals surface area contributed by atoms with Crippen LogP contribution in [-0.2, 0) is 20.9 Å². The minimum atomic E-state index is -0.500. The van der Waals surface area contributed by atoms with Crippen LogP contribution in [0.3, 0.4) is 0 Å². The maximum atomic E-state index is 11.4. The van der Waals surface area contributed by atoms with Gasteiger partial charge in [0.25, 0.3) is 0 Å².